The molecule has 21 heavy (non-hydrogen) atoms. The number of hydrogen-bond donors (Lipinski definition) is 1. The smallest absolute Gasteiger partial charge is 0.125 e. The summed E-state index contributed by atoms with van der Waals surface area (Å²) in [5.41, 5.74) is 3.71. The summed E-state index contributed by atoms with van der Waals surface area (Å²) in [6.45, 7) is 12.3. The molecule has 0 bridgehead atoms. The molecule has 0 aliphatic rings. The van der Waals surface area contributed by atoms with E-state index in [9.17, 15) is 0 Å². The minimum absolute atomic E-state index is 0.116. The first-order valence-electron chi connectivity index (χ1n) is 7.78. The van der Waals surface area contributed by atoms with E-state index in [4.69, 9.17) is 4.42 Å². The molecule has 0 unspecified atom stereocenters. The molecule has 0 aliphatic heterocycles. The first-order chi connectivity index (χ1) is 9.91. The van der Waals surface area contributed by atoms with E-state index in [1.807, 2.05) is 6.26 Å². The van der Waals surface area contributed by atoms with Crippen LogP contribution >= 0.6 is 0 Å². The highest BCUT2D eigenvalue weighted by atomic mass is 16.3. The van der Waals surface area contributed by atoms with Crippen LogP contribution in [0.25, 0.3) is 0 Å². The van der Waals surface area contributed by atoms with Crippen LogP contribution in [0.3, 0.4) is 0 Å². The maximum Gasteiger partial charge on any atom is 0.125 e. The molecule has 4 heteroatoms. The molecule has 0 amide bonds. The van der Waals surface area contributed by atoms with Gasteiger partial charge in [-0.3, -0.25) is 4.68 Å². The van der Waals surface area contributed by atoms with Crippen LogP contribution < -0.4 is 5.32 Å². The van der Waals surface area contributed by atoms with Crippen LogP contribution in [0.15, 0.2) is 22.8 Å². The Bertz CT molecular complexity index is 575. The Morgan fingerprint density at radius 3 is 2.57 bits per heavy atom. The molecule has 2 rings (SSSR count). The Kier molecular flexibility index (Phi) is 4.88. The molecular weight excluding hydrogens is 262 g/mol. The lowest BCUT2D eigenvalue weighted by Gasteiger charge is -2.19. The van der Waals surface area contributed by atoms with Gasteiger partial charge in [0.25, 0.3) is 0 Å². The summed E-state index contributed by atoms with van der Waals surface area (Å²) in [5, 5.41) is 8.10. The van der Waals surface area contributed by atoms with Gasteiger partial charge in [0.1, 0.15) is 5.76 Å². The fraction of sp³-hybridized carbons (Fsp3) is 0.588. The van der Waals surface area contributed by atoms with Crippen molar-refractivity contribution in [3.63, 3.8) is 0 Å². The van der Waals surface area contributed by atoms with Crippen molar-refractivity contribution in [3.8, 4) is 0 Å². The van der Waals surface area contributed by atoms with Crippen LogP contribution in [-0.4, -0.2) is 15.3 Å². The van der Waals surface area contributed by atoms with Gasteiger partial charge in [0, 0.05) is 23.3 Å². The monoisotopic (exact) mass is 289 g/mol. The van der Waals surface area contributed by atoms with Gasteiger partial charge in [0.05, 0.1) is 18.5 Å². The quantitative estimate of drug-likeness (QED) is 0.884. The van der Waals surface area contributed by atoms with E-state index in [2.05, 4.69) is 61.8 Å². The number of furan rings is 1. The van der Waals surface area contributed by atoms with E-state index in [-0.39, 0.29) is 5.54 Å². The molecule has 2 aromatic rings. The Labute approximate surface area is 127 Å². The molecule has 116 valence electrons. The molecule has 0 aliphatic carbocycles. The number of aryl methyl sites for hydroxylation is 2. The van der Waals surface area contributed by atoms with Gasteiger partial charge < -0.3 is 9.73 Å². The van der Waals surface area contributed by atoms with Crippen molar-refractivity contribution in [2.45, 2.75) is 66.1 Å². The Morgan fingerprint density at radius 2 is 1.95 bits per heavy atom. The largest absolute Gasteiger partial charge is 0.467 e. The number of rotatable bonds is 6. The van der Waals surface area contributed by atoms with E-state index in [0.717, 1.165) is 30.8 Å². The van der Waals surface area contributed by atoms with Crippen LogP contribution in [-0.2, 0) is 25.9 Å². The van der Waals surface area contributed by atoms with Crippen molar-refractivity contribution in [3.05, 3.63) is 41.1 Å². The van der Waals surface area contributed by atoms with Crippen LogP contribution in [0.4, 0.5) is 0 Å². The summed E-state index contributed by atoms with van der Waals surface area (Å²) in [4.78, 5) is 0. The average Bonchev–Trinajstić information content (AvgIpc) is 3.02. The lowest BCUT2D eigenvalue weighted by Crippen LogP contribution is -2.34. The predicted octanol–water partition coefficient (Wildman–Crippen LogP) is 3.54. The van der Waals surface area contributed by atoms with Gasteiger partial charge in [-0.05, 0) is 45.7 Å². The average molecular weight is 289 g/mol. The van der Waals surface area contributed by atoms with Gasteiger partial charge in [0.2, 0.25) is 0 Å². The third kappa shape index (κ3) is 4.46. The molecule has 1 N–H and O–H groups in total. The molecule has 0 aromatic carbocycles. The third-order valence-electron chi connectivity index (χ3n) is 3.47. The highest BCUT2D eigenvalue weighted by Crippen LogP contribution is 2.14. The zero-order valence-corrected chi connectivity index (χ0v) is 13.9. The highest BCUT2D eigenvalue weighted by molar-refractivity contribution is 5.16. The van der Waals surface area contributed by atoms with Crippen LogP contribution in [0.2, 0.25) is 0 Å². The maximum atomic E-state index is 5.68. The molecule has 2 heterocycles. The lowest BCUT2D eigenvalue weighted by molar-refractivity contribution is 0.422. The van der Waals surface area contributed by atoms with Gasteiger partial charge in [0.15, 0.2) is 0 Å². The van der Waals surface area contributed by atoms with Crippen molar-refractivity contribution >= 4 is 0 Å². The predicted molar refractivity (Wildman–Crippen MR) is 85.4 cm³/mol. The van der Waals surface area contributed by atoms with Crippen molar-refractivity contribution in [2.24, 2.45) is 0 Å². The summed E-state index contributed by atoms with van der Waals surface area (Å²) in [5.74, 6) is 0.959. The zero-order chi connectivity index (χ0) is 15.5. The van der Waals surface area contributed by atoms with Gasteiger partial charge in [-0.25, -0.2) is 0 Å². The number of hydrogen-bond acceptors (Lipinski definition) is 3. The topological polar surface area (TPSA) is 43.0 Å². The Morgan fingerprint density at radius 1 is 1.19 bits per heavy atom. The molecule has 2 aromatic heterocycles. The van der Waals surface area contributed by atoms with Gasteiger partial charge >= 0.3 is 0 Å². The molecule has 4 nitrogen and oxygen atoms in total. The van der Waals surface area contributed by atoms with Crippen LogP contribution in [0.5, 0.6) is 0 Å². The van der Waals surface area contributed by atoms with E-state index >= 15 is 0 Å². The molecule has 0 saturated heterocycles. The standard InChI is InChI=1S/C17H27N3O/c1-6-14-9-15(7-2)20(19-14)11-16-8-13(12-21-16)10-18-17(3,4)5/h8-9,12,18H,6-7,10-11H2,1-5H3. The van der Waals surface area contributed by atoms with E-state index in [1.54, 1.807) is 0 Å². The molecule has 0 fully saturated rings. The van der Waals surface area contributed by atoms with Crippen molar-refractivity contribution in [1.29, 1.82) is 0 Å². The summed E-state index contributed by atoms with van der Waals surface area (Å²) in [7, 11) is 0. The molecule has 0 spiro atoms. The fourth-order valence-corrected chi connectivity index (χ4v) is 2.23. The number of nitrogens with one attached hydrogen (secondary N) is 1. The van der Waals surface area contributed by atoms with E-state index < -0.39 is 0 Å². The highest BCUT2D eigenvalue weighted by Gasteiger charge is 2.11. The first kappa shape index (κ1) is 15.8. The molecular formula is C17H27N3O. The number of aromatic nitrogens is 2. The van der Waals surface area contributed by atoms with Crippen LogP contribution in [0.1, 0.15) is 57.3 Å². The lowest BCUT2D eigenvalue weighted by atomic mass is 10.1. The van der Waals surface area contributed by atoms with Gasteiger partial charge in [-0.2, -0.15) is 5.10 Å². The van der Waals surface area contributed by atoms with Gasteiger partial charge in [-0.15, -0.1) is 0 Å². The van der Waals surface area contributed by atoms with E-state index in [0.29, 0.717) is 6.54 Å². The van der Waals surface area contributed by atoms with E-state index in [1.165, 1.54) is 11.3 Å². The normalized spacial score (nSPS) is 12.0. The summed E-state index contributed by atoms with van der Waals surface area (Å²) < 4.78 is 7.73. The Balaban J connectivity index is 2.03. The molecule has 0 saturated carbocycles. The summed E-state index contributed by atoms with van der Waals surface area (Å²) in [6, 6.07) is 4.30. The SMILES string of the molecule is CCc1cc(CC)n(Cc2cc(CNC(C)(C)C)co2)n1. The summed E-state index contributed by atoms with van der Waals surface area (Å²) >= 11 is 0. The van der Waals surface area contributed by atoms with Crippen LogP contribution in [0, 0.1) is 0 Å². The second-order valence-corrected chi connectivity index (χ2v) is 6.52. The molecule has 0 atom stereocenters. The maximum absolute atomic E-state index is 5.68. The second kappa shape index (κ2) is 6.48. The van der Waals surface area contributed by atoms with Crippen molar-refractivity contribution in [1.82, 2.24) is 15.1 Å². The minimum Gasteiger partial charge on any atom is -0.467 e. The fourth-order valence-electron chi connectivity index (χ4n) is 2.23. The molecule has 0 radical (unpaired) electrons. The van der Waals surface area contributed by atoms with Crippen molar-refractivity contribution in [2.75, 3.05) is 0 Å². The second-order valence-electron chi connectivity index (χ2n) is 6.52. The Hall–Kier alpha value is -1.55. The van der Waals surface area contributed by atoms with Gasteiger partial charge in [-0.1, -0.05) is 13.8 Å². The van der Waals surface area contributed by atoms with Crippen molar-refractivity contribution < 1.29 is 4.42 Å². The first-order valence-corrected chi connectivity index (χ1v) is 7.78. The zero-order valence-electron chi connectivity index (χ0n) is 13.9. The number of nitrogens with zero attached hydrogens (tertiary/aromatic N) is 2. The third-order valence-corrected chi connectivity index (χ3v) is 3.47. The minimum atomic E-state index is 0.116. The summed E-state index contributed by atoms with van der Waals surface area (Å²) in [6.07, 6.45) is 3.80.